The predicted octanol–water partition coefficient (Wildman–Crippen LogP) is 3.63. The van der Waals surface area contributed by atoms with E-state index >= 15 is 0 Å². The van der Waals surface area contributed by atoms with E-state index in [1.807, 2.05) is 12.1 Å². The molecule has 1 aromatic rings. The highest BCUT2D eigenvalue weighted by atomic mass is 16.5. The highest BCUT2D eigenvalue weighted by molar-refractivity contribution is 5.78. The minimum atomic E-state index is -0.00880. The third-order valence-electron chi connectivity index (χ3n) is 8.56. The van der Waals surface area contributed by atoms with Crippen LogP contribution in [-0.2, 0) is 16.1 Å². The van der Waals surface area contributed by atoms with E-state index in [-0.39, 0.29) is 12.5 Å². The van der Waals surface area contributed by atoms with Gasteiger partial charge in [-0.2, -0.15) is 0 Å². The van der Waals surface area contributed by atoms with Crippen LogP contribution >= 0.6 is 0 Å². The Morgan fingerprint density at radius 1 is 1.12 bits per heavy atom. The maximum absolute atomic E-state index is 12.4. The SMILES string of the molecule is COc1cc(CN[C@@H](C)C23CC4CC(CC(C4)C2)C3)ccc1OCC(=O)N1CCOCC1. The lowest BCUT2D eigenvalue weighted by molar-refractivity contribution is -0.137. The largest absolute Gasteiger partial charge is 0.493 e. The molecule has 4 aliphatic carbocycles. The van der Waals surface area contributed by atoms with Gasteiger partial charge in [0, 0.05) is 25.7 Å². The first-order chi connectivity index (χ1) is 15.5. The summed E-state index contributed by atoms with van der Waals surface area (Å²) in [6, 6.07) is 6.58. The number of rotatable bonds is 8. The van der Waals surface area contributed by atoms with E-state index in [0.29, 0.717) is 49.3 Å². The predicted molar refractivity (Wildman–Crippen MR) is 123 cm³/mol. The molecule has 1 heterocycles. The topological polar surface area (TPSA) is 60.0 Å². The van der Waals surface area contributed by atoms with E-state index in [0.717, 1.165) is 24.3 Å². The van der Waals surface area contributed by atoms with Gasteiger partial charge in [0.05, 0.1) is 20.3 Å². The number of hydrogen-bond acceptors (Lipinski definition) is 5. The van der Waals surface area contributed by atoms with Crippen LogP contribution in [0.3, 0.4) is 0 Å². The van der Waals surface area contributed by atoms with Crippen LogP contribution in [0.5, 0.6) is 11.5 Å². The molecule has 5 aliphatic rings. The Morgan fingerprint density at radius 2 is 1.78 bits per heavy atom. The molecule has 0 radical (unpaired) electrons. The van der Waals surface area contributed by atoms with E-state index in [1.54, 1.807) is 12.0 Å². The summed E-state index contributed by atoms with van der Waals surface area (Å²) in [5, 5.41) is 3.85. The van der Waals surface area contributed by atoms with Crippen LogP contribution in [0.15, 0.2) is 18.2 Å². The lowest BCUT2D eigenvalue weighted by Gasteiger charge is -2.59. The summed E-state index contributed by atoms with van der Waals surface area (Å²) in [5.41, 5.74) is 1.69. The highest BCUT2D eigenvalue weighted by Crippen LogP contribution is 2.61. The Kier molecular flexibility index (Phi) is 6.35. The van der Waals surface area contributed by atoms with Gasteiger partial charge in [0.25, 0.3) is 5.91 Å². The number of morpholine rings is 1. The lowest BCUT2D eigenvalue weighted by atomic mass is 9.48. The maximum Gasteiger partial charge on any atom is 0.260 e. The molecule has 176 valence electrons. The zero-order valence-corrected chi connectivity index (χ0v) is 19.6. The molecule has 6 nitrogen and oxygen atoms in total. The smallest absolute Gasteiger partial charge is 0.260 e. The summed E-state index contributed by atoms with van der Waals surface area (Å²) >= 11 is 0. The summed E-state index contributed by atoms with van der Waals surface area (Å²) in [7, 11) is 1.65. The second kappa shape index (κ2) is 9.22. The molecule has 0 spiro atoms. The number of ether oxygens (including phenoxy) is 3. The first-order valence-electron chi connectivity index (χ1n) is 12.4. The quantitative estimate of drug-likeness (QED) is 0.666. The number of hydrogen-bond donors (Lipinski definition) is 1. The van der Waals surface area contributed by atoms with Gasteiger partial charge >= 0.3 is 0 Å². The molecule has 0 aromatic heterocycles. The Hall–Kier alpha value is -1.79. The van der Waals surface area contributed by atoms with E-state index in [4.69, 9.17) is 14.2 Å². The average Bonchev–Trinajstić information content (AvgIpc) is 2.80. The number of nitrogens with zero attached hydrogens (tertiary/aromatic N) is 1. The van der Waals surface area contributed by atoms with Crippen LogP contribution in [0, 0.1) is 23.2 Å². The van der Waals surface area contributed by atoms with Crippen molar-refractivity contribution in [3.05, 3.63) is 23.8 Å². The van der Waals surface area contributed by atoms with Crippen molar-refractivity contribution in [1.82, 2.24) is 10.2 Å². The summed E-state index contributed by atoms with van der Waals surface area (Å²) in [6.07, 6.45) is 8.71. The van der Waals surface area contributed by atoms with Crippen molar-refractivity contribution in [2.75, 3.05) is 40.0 Å². The standard InChI is InChI=1S/C26H38N2O4/c1-18(26-13-20-9-21(14-26)11-22(10-20)15-26)27-16-19-3-4-23(24(12-19)30-2)32-17-25(29)28-5-7-31-8-6-28/h3-4,12,18,20-22,27H,5-11,13-17H2,1-2H3/t18-,20?,21?,22?,26?/m0/s1. The molecule has 32 heavy (non-hydrogen) atoms. The molecule has 4 saturated carbocycles. The fourth-order valence-corrected chi connectivity index (χ4v) is 7.18. The molecule has 1 atom stereocenters. The lowest BCUT2D eigenvalue weighted by Crippen LogP contribution is -2.54. The highest BCUT2D eigenvalue weighted by Gasteiger charge is 2.52. The maximum atomic E-state index is 12.4. The molecule has 1 aliphatic heterocycles. The molecule has 0 unspecified atom stereocenters. The second-order valence-electron chi connectivity index (χ2n) is 10.6. The average molecular weight is 443 g/mol. The number of carbonyl (C=O) groups is 1. The van der Waals surface area contributed by atoms with Crippen LogP contribution in [0.25, 0.3) is 0 Å². The van der Waals surface area contributed by atoms with E-state index in [9.17, 15) is 4.79 Å². The van der Waals surface area contributed by atoms with Crippen LogP contribution in [0.2, 0.25) is 0 Å². The van der Waals surface area contributed by atoms with Gasteiger partial charge in [0.2, 0.25) is 0 Å². The van der Waals surface area contributed by atoms with Crippen LogP contribution < -0.4 is 14.8 Å². The minimum absolute atomic E-state index is 0.00880. The second-order valence-corrected chi connectivity index (χ2v) is 10.6. The van der Waals surface area contributed by atoms with Crippen molar-refractivity contribution in [3.8, 4) is 11.5 Å². The van der Waals surface area contributed by atoms with Crippen molar-refractivity contribution in [2.45, 2.75) is 58.0 Å². The van der Waals surface area contributed by atoms with Gasteiger partial charge in [-0.25, -0.2) is 0 Å². The third kappa shape index (κ3) is 4.49. The number of amides is 1. The summed E-state index contributed by atoms with van der Waals surface area (Å²) in [4.78, 5) is 14.2. The number of benzene rings is 1. The van der Waals surface area contributed by atoms with Crippen molar-refractivity contribution in [2.24, 2.45) is 23.2 Å². The molecule has 4 bridgehead atoms. The Morgan fingerprint density at radius 3 is 2.41 bits per heavy atom. The Labute approximate surface area is 192 Å². The summed E-state index contributed by atoms with van der Waals surface area (Å²) in [6.45, 7) is 5.71. The summed E-state index contributed by atoms with van der Waals surface area (Å²) < 4.78 is 16.7. The molecular formula is C26H38N2O4. The first-order valence-corrected chi connectivity index (χ1v) is 12.4. The normalized spacial score (nSPS) is 32.1. The molecular weight excluding hydrogens is 404 g/mol. The van der Waals surface area contributed by atoms with Gasteiger partial charge in [-0.05, 0) is 86.3 Å². The van der Waals surface area contributed by atoms with Gasteiger partial charge in [-0.3, -0.25) is 4.79 Å². The number of methoxy groups -OCH3 is 1. The van der Waals surface area contributed by atoms with Gasteiger partial charge in [0.1, 0.15) is 0 Å². The number of nitrogens with one attached hydrogen (secondary N) is 1. The fourth-order valence-electron chi connectivity index (χ4n) is 7.18. The fraction of sp³-hybridized carbons (Fsp3) is 0.731. The minimum Gasteiger partial charge on any atom is -0.493 e. The van der Waals surface area contributed by atoms with Crippen LogP contribution in [0.1, 0.15) is 51.0 Å². The monoisotopic (exact) mass is 442 g/mol. The van der Waals surface area contributed by atoms with Gasteiger partial charge in [0.15, 0.2) is 18.1 Å². The zero-order chi connectivity index (χ0) is 22.1. The summed E-state index contributed by atoms with van der Waals surface area (Å²) in [5.74, 6) is 4.21. The van der Waals surface area contributed by atoms with Crippen molar-refractivity contribution < 1.29 is 19.0 Å². The Balaban J connectivity index is 1.16. The van der Waals surface area contributed by atoms with Gasteiger partial charge in [-0.1, -0.05) is 6.07 Å². The van der Waals surface area contributed by atoms with Crippen LogP contribution in [-0.4, -0.2) is 56.9 Å². The zero-order valence-electron chi connectivity index (χ0n) is 19.6. The van der Waals surface area contributed by atoms with Crippen molar-refractivity contribution >= 4 is 5.91 Å². The molecule has 6 heteroatoms. The first kappa shape index (κ1) is 22.0. The van der Waals surface area contributed by atoms with E-state index in [1.165, 1.54) is 44.1 Å². The molecule has 6 rings (SSSR count). The van der Waals surface area contributed by atoms with E-state index in [2.05, 4.69) is 18.3 Å². The molecule has 5 fully saturated rings. The molecule has 1 amide bonds. The van der Waals surface area contributed by atoms with Crippen molar-refractivity contribution in [1.29, 1.82) is 0 Å². The molecule has 1 N–H and O–H groups in total. The number of carbonyl (C=O) groups excluding carboxylic acids is 1. The van der Waals surface area contributed by atoms with Gasteiger partial charge in [-0.15, -0.1) is 0 Å². The third-order valence-corrected chi connectivity index (χ3v) is 8.56. The Bertz CT molecular complexity index is 785. The van der Waals surface area contributed by atoms with Crippen LogP contribution in [0.4, 0.5) is 0 Å². The molecule has 1 aromatic carbocycles. The van der Waals surface area contributed by atoms with E-state index < -0.39 is 0 Å². The van der Waals surface area contributed by atoms with Crippen molar-refractivity contribution in [3.63, 3.8) is 0 Å². The van der Waals surface area contributed by atoms with Gasteiger partial charge < -0.3 is 24.4 Å². The molecule has 1 saturated heterocycles.